The second kappa shape index (κ2) is 7.88. The number of ether oxygens (including phenoxy) is 2. The van der Waals surface area contributed by atoms with Gasteiger partial charge in [0.1, 0.15) is 5.82 Å². The van der Waals surface area contributed by atoms with Gasteiger partial charge in [-0.05, 0) is 37.3 Å². The van der Waals surface area contributed by atoms with Crippen LogP contribution in [-0.4, -0.2) is 55.7 Å². The smallest absolute Gasteiger partial charge is 0.254 e. The van der Waals surface area contributed by atoms with Crippen LogP contribution in [0.2, 0.25) is 0 Å². The molecule has 0 unspecified atom stereocenters. The molecule has 0 aliphatic carbocycles. The first-order chi connectivity index (χ1) is 12.2. The average Bonchev–Trinajstić information content (AvgIpc) is 2.69. The maximum atomic E-state index is 12.8. The van der Waals surface area contributed by atoms with Gasteiger partial charge in [-0.25, -0.2) is 4.98 Å². The molecule has 6 heteroatoms. The van der Waals surface area contributed by atoms with Crippen molar-refractivity contribution in [2.75, 3.05) is 44.8 Å². The Bertz CT molecular complexity index is 713. The predicted molar refractivity (Wildman–Crippen MR) is 96.5 cm³/mol. The van der Waals surface area contributed by atoms with Crippen molar-refractivity contribution < 1.29 is 14.3 Å². The fourth-order valence-electron chi connectivity index (χ4n) is 2.94. The number of benzene rings is 1. The van der Waals surface area contributed by atoms with Crippen molar-refractivity contribution in [2.24, 2.45) is 0 Å². The van der Waals surface area contributed by atoms with Crippen LogP contribution in [0.5, 0.6) is 11.5 Å². The van der Waals surface area contributed by atoms with Crippen LogP contribution in [-0.2, 0) is 0 Å². The Morgan fingerprint density at radius 3 is 2.56 bits per heavy atom. The van der Waals surface area contributed by atoms with Gasteiger partial charge in [0.2, 0.25) is 0 Å². The Kier molecular flexibility index (Phi) is 5.38. The highest BCUT2D eigenvalue weighted by Crippen LogP contribution is 2.28. The van der Waals surface area contributed by atoms with E-state index in [0.717, 1.165) is 18.9 Å². The summed E-state index contributed by atoms with van der Waals surface area (Å²) in [5.74, 6) is 2.21. The number of piperazine rings is 1. The molecule has 0 atom stereocenters. The number of hydrogen-bond acceptors (Lipinski definition) is 5. The summed E-state index contributed by atoms with van der Waals surface area (Å²) < 4.78 is 10.8. The van der Waals surface area contributed by atoms with Crippen molar-refractivity contribution in [3.63, 3.8) is 0 Å². The third-order valence-electron chi connectivity index (χ3n) is 4.25. The van der Waals surface area contributed by atoms with Gasteiger partial charge in [0.25, 0.3) is 5.91 Å². The van der Waals surface area contributed by atoms with Crippen LogP contribution in [0, 0.1) is 0 Å². The van der Waals surface area contributed by atoms with Gasteiger partial charge in [0.15, 0.2) is 11.5 Å². The first-order valence-electron chi connectivity index (χ1n) is 8.49. The first kappa shape index (κ1) is 17.1. The molecule has 2 aromatic rings. The monoisotopic (exact) mass is 341 g/mol. The van der Waals surface area contributed by atoms with Crippen molar-refractivity contribution in [1.29, 1.82) is 0 Å². The summed E-state index contributed by atoms with van der Waals surface area (Å²) >= 11 is 0. The van der Waals surface area contributed by atoms with Gasteiger partial charge in [0, 0.05) is 37.9 Å². The van der Waals surface area contributed by atoms with E-state index in [9.17, 15) is 4.79 Å². The van der Waals surface area contributed by atoms with Gasteiger partial charge in [0.05, 0.1) is 13.7 Å². The number of carbonyl (C=O) groups excluding carboxylic acids is 1. The average molecular weight is 341 g/mol. The molecule has 1 aromatic carbocycles. The van der Waals surface area contributed by atoms with Crippen molar-refractivity contribution in [2.45, 2.75) is 6.92 Å². The van der Waals surface area contributed by atoms with E-state index in [0.29, 0.717) is 36.8 Å². The molecule has 1 fully saturated rings. The molecule has 0 spiro atoms. The molecule has 1 saturated heterocycles. The highest BCUT2D eigenvalue weighted by Gasteiger charge is 2.23. The Morgan fingerprint density at radius 1 is 1.12 bits per heavy atom. The Morgan fingerprint density at radius 2 is 1.92 bits per heavy atom. The molecule has 1 aliphatic rings. The summed E-state index contributed by atoms with van der Waals surface area (Å²) in [6, 6.07) is 11.2. The summed E-state index contributed by atoms with van der Waals surface area (Å²) in [4.78, 5) is 21.2. The summed E-state index contributed by atoms with van der Waals surface area (Å²) in [5, 5.41) is 0. The second-order valence-electron chi connectivity index (χ2n) is 5.77. The molecule has 6 nitrogen and oxygen atoms in total. The van der Waals surface area contributed by atoms with E-state index in [-0.39, 0.29) is 5.91 Å². The number of anilines is 1. The van der Waals surface area contributed by atoms with E-state index in [1.54, 1.807) is 31.5 Å². The molecular formula is C19H23N3O3. The van der Waals surface area contributed by atoms with Gasteiger partial charge in [-0.2, -0.15) is 0 Å². The molecule has 132 valence electrons. The standard InChI is InChI=1S/C19H23N3O3/c1-3-25-16-8-7-15(14-17(16)24-2)19(23)22-12-10-21(11-13-22)18-6-4-5-9-20-18/h4-9,14H,3,10-13H2,1-2H3. The maximum absolute atomic E-state index is 12.8. The molecule has 3 rings (SSSR count). The Hall–Kier alpha value is -2.76. The number of nitrogens with zero attached hydrogens (tertiary/aromatic N) is 3. The first-order valence-corrected chi connectivity index (χ1v) is 8.49. The molecule has 0 saturated carbocycles. The van der Waals surface area contributed by atoms with Crippen LogP contribution >= 0.6 is 0 Å². The van der Waals surface area contributed by atoms with Gasteiger partial charge in [-0.15, -0.1) is 0 Å². The van der Waals surface area contributed by atoms with E-state index in [4.69, 9.17) is 9.47 Å². The highest BCUT2D eigenvalue weighted by molar-refractivity contribution is 5.95. The quantitative estimate of drug-likeness (QED) is 0.836. The number of aromatic nitrogens is 1. The lowest BCUT2D eigenvalue weighted by Gasteiger charge is -2.35. The fourth-order valence-corrected chi connectivity index (χ4v) is 2.94. The second-order valence-corrected chi connectivity index (χ2v) is 5.77. The van der Waals surface area contributed by atoms with Crippen LogP contribution in [0.25, 0.3) is 0 Å². The van der Waals surface area contributed by atoms with Crippen molar-refractivity contribution in [3.05, 3.63) is 48.2 Å². The number of methoxy groups -OCH3 is 1. The Balaban J connectivity index is 1.66. The number of rotatable bonds is 5. The fraction of sp³-hybridized carbons (Fsp3) is 0.368. The van der Waals surface area contributed by atoms with Crippen LogP contribution in [0.4, 0.5) is 5.82 Å². The summed E-state index contributed by atoms with van der Waals surface area (Å²) in [5.41, 5.74) is 0.617. The van der Waals surface area contributed by atoms with E-state index in [2.05, 4.69) is 9.88 Å². The molecule has 0 radical (unpaired) electrons. The van der Waals surface area contributed by atoms with E-state index < -0.39 is 0 Å². The third-order valence-corrected chi connectivity index (χ3v) is 4.25. The predicted octanol–water partition coefficient (Wildman–Crippen LogP) is 2.45. The van der Waals surface area contributed by atoms with E-state index in [1.807, 2.05) is 30.0 Å². The van der Waals surface area contributed by atoms with Crippen LogP contribution in [0.1, 0.15) is 17.3 Å². The molecule has 0 N–H and O–H groups in total. The lowest BCUT2D eigenvalue weighted by atomic mass is 10.1. The molecule has 0 bridgehead atoms. The number of carbonyl (C=O) groups is 1. The molecule has 1 aromatic heterocycles. The normalized spacial score (nSPS) is 14.3. The molecular weight excluding hydrogens is 318 g/mol. The molecule has 1 aliphatic heterocycles. The number of hydrogen-bond donors (Lipinski definition) is 0. The zero-order valence-corrected chi connectivity index (χ0v) is 14.6. The van der Waals surface area contributed by atoms with Crippen molar-refractivity contribution in [3.8, 4) is 11.5 Å². The number of amides is 1. The zero-order chi connectivity index (χ0) is 17.6. The lowest BCUT2D eigenvalue weighted by Crippen LogP contribution is -2.49. The maximum Gasteiger partial charge on any atom is 0.254 e. The minimum Gasteiger partial charge on any atom is -0.493 e. The SMILES string of the molecule is CCOc1ccc(C(=O)N2CCN(c3ccccn3)CC2)cc1OC. The number of pyridine rings is 1. The van der Waals surface area contributed by atoms with Crippen LogP contribution < -0.4 is 14.4 Å². The van der Waals surface area contributed by atoms with Gasteiger partial charge < -0.3 is 19.3 Å². The minimum atomic E-state index is 0.0158. The molecule has 25 heavy (non-hydrogen) atoms. The Labute approximate surface area is 148 Å². The van der Waals surface area contributed by atoms with Gasteiger partial charge in [-0.1, -0.05) is 6.07 Å². The van der Waals surface area contributed by atoms with Crippen LogP contribution in [0.15, 0.2) is 42.6 Å². The largest absolute Gasteiger partial charge is 0.493 e. The van der Waals surface area contributed by atoms with E-state index >= 15 is 0 Å². The highest BCUT2D eigenvalue weighted by atomic mass is 16.5. The van der Waals surface area contributed by atoms with E-state index in [1.165, 1.54) is 0 Å². The van der Waals surface area contributed by atoms with Crippen molar-refractivity contribution >= 4 is 11.7 Å². The molecule has 1 amide bonds. The van der Waals surface area contributed by atoms with Gasteiger partial charge in [-0.3, -0.25) is 4.79 Å². The summed E-state index contributed by atoms with van der Waals surface area (Å²) in [6.45, 7) is 5.36. The minimum absolute atomic E-state index is 0.0158. The van der Waals surface area contributed by atoms with Crippen LogP contribution in [0.3, 0.4) is 0 Å². The summed E-state index contributed by atoms with van der Waals surface area (Å²) in [7, 11) is 1.58. The third kappa shape index (κ3) is 3.84. The zero-order valence-electron chi connectivity index (χ0n) is 14.6. The van der Waals surface area contributed by atoms with Gasteiger partial charge >= 0.3 is 0 Å². The van der Waals surface area contributed by atoms with Crippen molar-refractivity contribution in [1.82, 2.24) is 9.88 Å². The summed E-state index contributed by atoms with van der Waals surface area (Å²) in [6.07, 6.45) is 1.79. The lowest BCUT2D eigenvalue weighted by molar-refractivity contribution is 0.0746. The topological polar surface area (TPSA) is 54.9 Å². The molecule has 2 heterocycles.